The van der Waals surface area contributed by atoms with Gasteiger partial charge in [0.25, 0.3) is 0 Å². The molecule has 624 valence electrons. The Bertz CT molecular complexity index is 10600. The molecule has 0 aliphatic carbocycles. The molecule has 135 heavy (non-hydrogen) atoms. The monoisotopic (exact) mass is 1720 g/mol. The van der Waals surface area contributed by atoms with Crippen LogP contribution in [-0.2, 0) is 0 Å². The van der Waals surface area contributed by atoms with Crippen molar-refractivity contribution >= 4 is 195 Å². The third-order valence-corrected chi connectivity index (χ3v) is 27.9. The molecule has 3 heterocycles. The summed E-state index contributed by atoms with van der Waals surface area (Å²) in [6, 6.07) is 132. The average molecular weight is 1730 g/mol. The highest BCUT2D eigenvalue weighted by molar-refractivity contribution is 6.32. The molecular formula is C132H78O3. The molecule has 0 N–H and O–H groups in total. The van der Waals surface area contributed by atoms with Crippen molar-refractivity contribution in [3.8, 4) is 100 Å². The Balaban J connectivity index is 0.000000108. The van der Waals surface area contributed by atoms with Crippen molar-refractivity contribution in [3.63, 3.8) is 0 Å². The molecule has 0 amide bonds. The van der Waals surface area contributed by atoms with Crippen LogP contribution in [0.25, 0.3) is 295 Å². The number of rotatable bonds is 9. The minimum absolute atomic E-state index is 0.0231. The molecule has 0 aliphatic heterocycles. The van der Waals surface area contributed by atoms with Gasteiger partial charge in [-0.2, -0.15) is 0 Å². The molecule has 3 aromatic heterocycles. The summed E-state index contributed by atoms with van der Waals surface area (Å²) in [6.07, 6.45) is 0. The van der Waals surface area contributed by atoms with E-state index in [1.165, 1.54) is 98.4 Å². The first-order valence-corrected chi connectivity index (χ1v) is 45.5. The van der Waals surface area contributed by atoms with E-state index >= 15 is 0 Å². The topological polar surface area (TPSA) is 39.4 Å². The van der Waals surface area contributed by atoms with Crippen molar-refractivity contribution in [1.82, 2.24) is 0 Å². The third kappa shape index (κ3) is 12.1. The van der Waals surface area contributed by atoms with Crippen LogP contribution in [0, 0.1) is 0 Å². The van der Waals surface area contributed by atoms with Gasteiger partial charge in [0.15, 0.2) is 0 Å². The van der Waals surface area contributed by atoms with Crippen LogP contribution in [0.4, 0.5) is 0 Å². The standard InChI is InChI=1S/3C44H26O/c1-2-9-32-27(7-1)8-5-11-33(32)28-15-17-29(18-16-28)34-23-19-30-22-26-38-35(24-20-31-21-25-37(34)42(30)43(31)38)39-12-6-13-40-36-10-3-4-14-41(36)45-44(39)40;2*1-2-9-32-27(7-1)8-5-11-33(32)28-15-17-29(18-16-28)34-23-21-30-19-20-31-22-24-35(38-26-25-37(34)42(30)43(31)38)39-12-6-13-40-36-10-3-4-14-41(36)45-44(39)40/h3*1-26H/i20D;1D,2D,5D,7D,8D,9D,11D,15D,16D,17D,18D;22D. The van der Waals surface area contributed by atoms with E-state index in [1.807, 2.05) is 97.1 Å². The Kier molecular flexibility index (Phi) is 14.4. The van der Waals surface area contributed by atoms with Gasteiger partial charge in [0.2, 0.25) is 0 Å². The van der Waals surface area contributed by atoms with Gasteiger partial charge in [0.1, 0.15) is 33.5 Å². The molecule has 0 atom stereocenters. The summed E-state index contributed by atoms with van der Waals surface area (Å²) in [4.78, 5) is 0. The number of hydrogen-bond donors (Lipinski definition) is 0. The molecular weight excluding hydrogens is 1630 g/mol. The van der Waals surface area contributed by atoms with Gasteiger partial charge in [-0.15, -0.1) is 0 Å². The molecule has 30 rings (SSSR count). The van der Waals surface area contributed by atoms with Crippen LogP contribution in [0.2, 0.25) is 0 Å². The van der Waals surface area contributed by atoms with Crippen molar-refractivity contribution in [2.24, 2.45) is 0 Å². The van der Waals surface area contributed by atoms with E-state index < -0.39 is 66.5 Å². The van der Waals surface area contributed by atoms with Crippen LogP contribution in [0.1, 0.15) is 17.8 Å². The van der Waals surface area contributed by atoms with Gasteiger partial charge in [0.05, 0.1) is 17.8 Å². The number of fused-ring (bicyclic) bond motifs is 12. The number of benzene rings is 27. The lowest BCUT2D eigenvalue weighted by Crippen LogP contribution is -1.90. The third-order valence-electron chi connectivity index (χ3n) is 27.9. The molecule has 3 nitrogen and oxygen atoms in total. The van der Waals surface area contributed by atoms with Gasteiger partial charge in [-0.05, 0) is 231 Å². The van der Waals surface area contributed by atoms with Gasteiger partial charge >= 0.3 is 0 Å². The molecule has 0 saturated heterocycles. The smallest absolute Gasteiger partial charge is 0.143 e. The summed E-state index contributed by atoms with van der Waals surface area (Å²) >= 11 is 0. The molecule has 0 saturated carbocycles. The van der Waals surface area contributed by atoms with Crippen LogP contribution >= 0.6 is 0 Å². The largest absolute Gasteiger partial charge is 0.455 e. The summed E-state index contributed by atoms with van der Waals surface area (Å²) in [5, 5.41) is 30.0. The summed E-state index contributed by atoms with van der Waals surface area (Å²) in [5.74, 6) is 0. The SMILES string of the molecule is [2H]c1c([2H])c(-c2c([2H])c([2H])c([2H])c3c([2H])c([2H])c([2H])c([2H])c23)c([2H])c([2H])c1-c1ccc2ccc3ccc(-c4cccc5c4oc4ccccc45)c4ccc1c2c34.[2H]c1cc(-c2cccc3c2oc2ccccc23)c2ccc3c(-c4ccc(-c5cccc6ccccc56)cc4)ccc4ccc1c2c43.[2H]c1cc(-c2cccc3c2oc2ccccc23)c2ccc3ccc(-c4ccc(-c5cccc6ccccc56)cc4)c4ccc1c2c34. The fourth-order valence-electron chi connectivity index (χ4n) is 21.7. The molecule has 0 fully saturated rings. The average Bonchev–Trinajstić information content (AvgIpc) is 0.868. The Morgan fingerprint density at radius 1 is 0.126 bits per heavy atom. The van der Waals surface area contributed by atoms with Crippen molar-refractivity contribution in [1.29, 1.82) is 0 Å². The Hall–Kier alpha value is -17.8. The Morgan fingerprint density at radius 3 is 0.830 bits per heavy atom. The molecule has 0 bridgehead atoms. The second-order valence-corrected chi connectivity index (χ2v) is 35.1. The molecule has 3 heteroatoms. The molecule has 0 spiro atoms. The zero-order chi connectivity index (χ0) is 99.8. The highest BCUT2D eigenvalue weighted by atomic mass is 16.3. The minimum atomic E-state index is -0.652. The van der Waals surface area contributed by atoms with Crippen molar-refractivity contribution in [2.75, 3.05) is 0 Å². The quantitative estimate of drug-likeness (QED) is 0.135. The maximum atomic E-state index is 9.31. The summed E-state index contributed by atoms with van der Waals surface area (Å²) in [7, 11) is 0. The number of furan rings is 3. The van der Waals surface area contributed by atoms with E-state index in [0.717, 1.165) is 158 Å². The predicted octanol–water partition coefficient (Wildman–Crippen LogP) is 37.9. The zero-order valence-corrected chi connectivity index (χ0v) is 72.3. The van der Waals surface area contributed by atoms with Crippen LogP contribution < -0.4 is 0 Å². The van der Waals surface area contributed by atoms with Gasteiger partial charge in [0, 0.05) is 49.0 Å². The summed E-state index contributed by atoms with van der Waals surface area (Å²) in [6.45, 7) is 0. The van der Waals surface area contributed by atoms with E-state index in [9.17, 15) is 5.48 Å². The lowest BCUT2D eigenvalue weighted by atomic mass is 9.86. The van der Waals surface area contributed by atoms with Gasteiger partial charge in [-0.3, -0.25) is 0 Å². The Morgan fingerprint density at radius 2 is 0.400 bits per heavy atom. The first kappa shape index (κ1) is 64.1. The lowest BCUT2D eigenvalue weighted by Gasteiger charge is -2.17. The maximum Gasteiger partial charge on any atom is 0.143 e. The van der Waals surface area contributed by atoms with Crippen LogP contribution in [0.5, 0.6) is 0 Å². The number of para-hydroxylation sites is 6. The highest BCUT2D eigenvalue weighted by Gasteiger charge is 2.25. The maximum absolute atomic E-state index is 9.31. The van der Waals surface area contributed by atoms with Crippen LogP contribution in [0.3, 0.4) is 0 Å². The first-order valence-electron chi connectivity index (χ1n) is 52.0. The Labute approximate surface area is 794 Å². The fourth-order valence-corrected chi connectivity index (χ4v) is 21.7. The minimum Gasteiger partial charge on any atom is -0.455 e. The molecule has 27 aromatic carbocycles. The highest BCUT2D eigenvalue weighted by Crippen LogP contribution is 2.51. The van der Waals surface area contributed by atoms with Gasteiger partial charge in [-0.1, -0.05) is 455 Å². The lowest BCUT2D eigenvalue weighted by molar-refractivity contribution is 0.669. The molecule has 0 radical (unpaired) electrons. The van der Waals surface area contributed by atoms with E-state index in [-0.39, 0.29) is 27.5 Å². The molecule has 0 unspecified atom stereocenters. The van der Waals surface area contributed by atoms with E-state index in [1.54, 1.807) is 6.07 Å². The molecule has 0 aliphatic rings. The fraction of sp³-hybridized carbons (Fsp3) is 0. The zero-order valence-electron chi connectivity index (χ0n) is 85.3. The van der Waals surface area contributed by atoms with Crippen molar-refractivity contribution < 1.29 is 31.1 Å². The molecule has 30 aromatic rings. The second kappa shape index (κ2) is 30.4. The van der Waals surface area contributed by atoms with Crippen molar-refractivity contribution in [3.05, 3.63) is 473 Å². The van der Waals surface area contributed by atoms with Crippen molar-refractivity contribution in [2.45, 2.75) is 0 Å². The summed E-state index contributed by atoms with van der Waals surface area (Å²) in [5.41, 5.74) is 20.5. The predicted molar refractivity (Wildman–Crippen MR) is 574 cm³/mol. The van der Waals surface area contributed by atoms with E-state index in [0.29, 0.717) is 23.0 Å². The second-order valence-electron chi connectivity index (χ2n) is 35.1. The van der Waals surface area contributed by atoms with E-state index in [2.05, 4.69) is 291 Å². The van der Waals surface area contributed by atoms with Crippen LogP contribution in [-0.4, -0.2) is 0 Å². The summed E-state index contributed by atoms with van der Waals surface area (Å²) < 4.78 is 134. The van der Waals surface area contributed by atoms with E-state index in [4.69, 9.17) is 25.6 Å². The number of hydrogen-bond acceptors (Lipinski definition) is 3. The van der Waals surface area contributed by atoms with Gasteiger partial charge < -0.3 is 13.3 Å². The first-order chi connectivity index (χ1) is 72.4. The van der Waals surface area contributed by atoms with Crippen LogP contribution in [0.15, 0.2) is 486 Å². The normalized spacial score (nSPS) is 13.3. The van der Waals surface area contributed by atoms with Gasteiger partial charge in [-0.25, -0.2) is 0 Å².